The van der Waals surface area contributed by atoms with Gasteiger partial charge in [-0.05, 0) is 82.4 Å². The molecule has 4 nitrogen and oxygen atoms in total. The van der Waals surface area contributed by atoms with Gasteiger partial charge in [-0.1, -0.05) is 51.3 Å². The Kier molecular flexibility index (Phi) is 9.04. The molecule has 2 aromatic carbocycles. The molecule has 164 valence electrons. The monoisotopic (exact) mass is 476 g/mol. The van der Waals surface area contributed by atoms with E-state index in [4.69, 9.17) is 14.2 Å². The van der Waals surface area contributed by atoms with Gasteiger partial charge in [0.25, 0.3) is 0 Å². The SMILES string of the molecule is CCC(C)c1ccc(OC(O)OCCOc2ccc(C3CCCCC3)cc2)c(Br)c1. The average Bonchev–Trinajstić information content (AvgIpc) is 2.78. The molecular formula is C25H33BrO4. The van der Waals surface area contributed by atoms with Crippen molar-refractivity contribution in [2.45, 2.75) is 70.7 Å². The molecule has 1 aliphatic rings. The summed E-state index contributed by atoms with van der Waals surface area (Å²) in [5.74, 6) is 2.54. The van der Waals surface area contributed by atoms with Gasteiger partial charge in [-0.15, -0.1) is 0 Å². The van der Waals surface area contributed by atoms with Crippen molar-refractivity contribution in [3.8, 4) is 11.5 Å². The standard InChI is InChI=1S/C25H33BrO4/c1-3-18(2)21-11-14-24(23(26)17-21)30-25(27)29-16-15-28-22-12-9-20(10-13-22)19-7-5-4-6-8-19/h9-14,17-19,25,27H,3-8,15-16H2,1-2H3. The molecule has 0 saturated heterocycles. The molecule has 0 heterocycles. The summed E-state index contributed by atoms with van der Waals surface area (Å²) in [5, 5.41) is 10.0. The third-order valence-electron chi connectivity index (χ3n) is 5.93. The summed E-state index contributed by atoms with van der Waals surface area (Å²) in [6, 6.07) is 14.3. The molecule has 1 N–H and O–H groups in total. The second-order valence-corrected chi connectivity index (χ2v) is 8.90. The molecule has 1 aliphatic carbocycles. The lowest BCUT2D eigenvalue weighted by molar-refractivity contribution is -0.219. The van der Waals surface area contributed by atoms with E-state index in [1.807, 2.05) is 30.3 Å². The molecule has 0 aliphatic heterocycles. The van der Waals surface area contributed by atoms with E-state index in [0.717, 1.165) is 16.6 Å². The molecule has 3 rings (SSSR count). The van der Waals surface area contributed by atoms with Crippen LogP contribution in [0.4, 0.5) is 0 Å². The predicted molar refractivity (Wildman–Crippen MR) is 123 cm³/mol. The average molecular weight is 477 g/mol. The Labute approximate surface area is 188 Å². The van der Waals surface area contributed by atoms with Crippen molar-refractivity contribution in [1.29, 1.82) is 0 Å². The van der Waals surface area contributed by atoms with Crippen LogP contribution in [0.25, 0.3) is 0 Å². The molecule has 0 spiro atoms. The maximum Gasteiger partial charge on any atom is 0.313 e. The molecule has 0 radical (unpaired) electrons. The summed E-state index contributed by atoms with van der Waals surface area (Å²) in [7, 11) is 0. The zero-order valence-electron chi connectivity index (χ0n) is 18.0. The van der Waals surface area contributed by atoms with Gasteiger partial charge in [0, 0.05) is 0 Å². The first kappa shape index (κ1) is 23.1. The smallest absolute Gasteiger partial charge is 0.313 e. The van der Waals surface area contributed by atoms with Crippen LogP contribution in [0.3, 0.4) is 0 Å². The van der Waals surface area contributed by atoms with E-state index in [-0.39, 0.29) is 6.61 Å². The van der Waals surface area contributed by atoms with Crippen LogP contribution in [0.1, 0.15) is 75.3 Å². The Balaban J connectivity index is 1.39. The van der Waals surface area contributed by atoms with Crippen LogP contribution in [0.15, 0.2) is 46.9 Å². The van der Waals surface area contributed by atoms with E-state index in [1.165, 1.54) is 43.2 Å². The Morgan fingerprint density at radius 1 is 1.03 bits per heavy atom. The third kappa shape index (κ3) is 6.73. The highest BCUT2D eigenvalue weighted by molar-refractivity contribution is 9.10. The summed E-state index contributed by atoms with van der Waals surface area (Å²) in [6.45, 7) is 3.58. The number of halogens is 1. The fourth-order valence-electron chi connectivity index (χ4n) is 3.88. The number of rotatable bonds is 10. The van der Waals surface area contributed by atoms with Gasteiger partial charge in [0.05, 0.1) is 11.1 Å². The van der Waals surface area contributed by atoms with Crippen molar-refractivity contribution in [2.24, 2.45) is 0 Å². The first-order valence-electron chi connectivity index (χ1n) is 11.1. The number of ether oxygens (including phenoxy) is 3. The van der Waals surface area contributed by atoms with Crippen molar-refractivity contribution < 1.29 is 19.3 Å². The van der Waals surface area contributed by atoms with Gasteiger partial charge in [-0.3, -0.25) is 0 Å². The van der Waals surface area contributed by atoms with E-state index in [0.29, 0.717) is 24.2 Å². The minimum Gasteiger partial charge on any atom is -0.491 e. The van der Waals surface area contributed by atoms with Gasteiger partial charge < -0.3 is 19.3 Å². The van der Waals surface area contributed by atoms with Crippen LogP contribution in [0, 0.1) is 0 Å². The topological polar surface area (TPSA) is 47.9 Å². The number of aliphatic hydroxyl groups excluding tert-OH is 1. The van der Waals surface area contributed by atoms with Gasteiger partial charge in [-0.25, -0.2) is 0 Å². The molecule has 2 aromatic rings. The molecule has 1 saturated carbocycles. The highest BCUT2D eigenvalue weighted by Gasteiger charge is 2.15. The lowest BCUT2D eigenvalue weighted by Crippen LogP contribution is -2.22. The van der Waals surface area contributed by atoms with Crippen molar-refractivity contribution in [3.63, 3.8) is 0 Å². The summed E-state index contributed by atoms with van der Waals surface area (Å²) in [4.78, 5) is 0. The van der Waals surface area contributed by atoms with Crippen LogP contribution >= 0.6 is 15.9 Å². The van der Waals surface area contributed by atoms with E-state index in [2.05, 4.69) is 41.9 Å². The minimum absolute atomic E-state index is 0.230. The largest absolute Gasteiger partial charge is 0.491 e. The molecule has 0 amide bonds. The highest BCUT2D eigenvalue weighted by Crippen LogP contribution is 2.33. The molecule has 2 unspecified atom stereocenters. The second-order valence-electron chi connectivity index (χ2n) is 8.05. The third-order valence-corrected chi connectivity index (χ3v) is 6.55. The number of hydrogen-bond acceptors (Lipinski definition) is 4. The molecule has 1 fully saturated rings. The van der Waals surface area contributed by atoms with Gasteiger partial charge >= 0.3 is 6.48 Å². The molecule has 2 atom stereocenters. The summed E-state index contributed by atoms with van der Waals surface area (Å²) >= 11 is 3.50. The minimum atomic E-state index is -1.34. The zero-order chi connectivity index (χ0) is 21.3. The van der Waals surface area contributed by atoms with Crippen molar-refractivity contribution >= 4 is 15.9 Å². The fraction of sp³-hybridized carbons (Fsp3) is 0.520. The predicted octanol–water partition coefficient (Wildman–Crippen LogP) is 6.76. The highest BCUT2D eigenvalue weighted by atomic mass is 79.9. The Morgan fingerprint density at radius 2 is 1.77 bits per heavy atom. The number of hydrogen-bond donors (Lipinski definition) is 1. The molecule has 5 heteroatoms. The Hall–Kier alpha value is -1.56. The fourth-order valence-corrected chi connectivity index (χ4v) is 4.37. The summed E-state index contributed by atoms with van der Waals surface area (Å²) in [6.07, 6.45) is 7.70. The van der Waals surface area contributed by atoms with Gasteiger partial charge in [0.2, 0.25) is 0 Å². The number of benzene rings is 2. The van der Waals surface area contributed by atoms with E-state index in [1.54, 1.807) is 0 Å². The van der Waals surface area contributed by atoms with Gasteiger partial charge in [-0.2, -0.15) is 0 Å². The molecular weight excluding hydrogens is 444 g/mol. The van der Waals surface area contributed by atoms with Crippen molar-refractivity contribution in [1.82, 2.24) is 0 Å². The van der Waals surface area contributed by atoms with Crippen LogP contribution in [0.5, 0.6) is 11.5 Å². The van der Waals surface area contributed by atoms with Gasteiger partial charge in [0.15, 0.2) is 0 Å². The second kappa shape index (κ2) is 11.7. The lowest BCUT2D eigenvalue weighted by atomic mass is 9.84. The van der Waals surface area contributed by atoms with Crippen LogP contribution < -0.4 is 9.47 Å². The quantitative estimate of drug-likeness (QED) is 0.303. The number of aliphatic hydroxyl groups is 1. The van der Waals surface area contributed by atoms with Gasteiger partial charge in [0.1, 0.15) is 18.1 Å². The van der Waals surface area contributed by atoms with E-state index < -0.39 is 6.48 Å². The van der Waals surface area contributed by atoms with Crippen LogP contribution in [-0.2, 0) is 4.74 Å². The first-order chi connectivity index (χ1) is 14.6. The van der Waals surface area contributed by atoms with E-state index >= 15 is 0 Å². The van der Waals surface area contributed by atoms with Crippen LogP contribution in [-0.4, -0.2) is 24.8 Å². The Bertz CT molecular complexity index is 771. The Morgan fingerprint density at radius 3 is 2.43 bits per heavy atom. The zero-order valence-corrected chi connectivity index (χ0v) is 19.6. The summed E-state index contributed by atoms with van der Waals surface area (Å²) in [5.41, 5.74) is 2.64. The lowest BCUT2D eigenvalue weighted by Gasteiger charge is -2.22. The maximum absolute atomic E-state index is 10.0. The molecule has 0 aromatic heterocycles. The maximum atomic E-state index is 10.0. The molecule has 0 bridgehead atoms. The van der Waals surface area contributed by atoms with Crippen LogP contribution in [0.2, 0.25) is 0 Å². The van der Waals surface area contributed by atoms with Crippen molar-refractivity contribution in [2.75, 3.05) is 13.2 Å². The van der Waals surface area contributed by atoms with E-state index in [9.17, 15) is 5.11 Å². The first-order valence-corrected chi connectivity index (χ1v) is 11.8. The summed E-state index contributed by atoms with van der Waals surface area (Å²) < 4.78 is 17.3. The molecule has 30 heavy (non-hydrogen) atoms. The normalized spacial score (nSPS) is 16.8. The van der Waals surface area contributed by atoms with Crippen molar-refractivity contribution in [3.05, 3.63) is 58.1 Å².